The van der Waals surface area contributed by atoms with E-state index in [0.29, 0.717) is 19.8 Å². The Hall–Kier alpha value is -0.200. The van der Waals surface area contributed by atoms with Crippen molar-refractivity contribution in [3.8, 4) is 0 Å². The summed E-state index contributed by atoms with van der Waals surface area (Å²) in [4.78, 5) is 2.05. The van der Waals surface area contributed by atoms with Crippen molar-refractivity contribution in [2.75, 3.05) is 47.1 Å². The van der Waals surface area contributed by atoms with Crippen LogP contribution in [0, 0.1) is 0 Å². The van der Waals surface area contributed by atoms with E-state index in [4.69, 9.17) is 20.3 Å². The lowest BCUT2D eigenvalue weighted by Gasteiger charge is -2.10. The van der Waals surface area contributed by atoms with Crippen molar-refractivity contribution in [1.82, 2.24) is 4.90 Å². The first-order valence-corrected chi connectivity index (χ1v) is 4.37. The summed E-state index contributed by atoms with van der Waals surface area (Å²) >= 11 is 0. The first-order valence-electron chi connectivity index (χ1n) is 4.37. The van der Waals surface area contributed by atoms with Crippen LogP contribution >= 0.6 is 0 Å². The topological polar surface area (TPSA) is 68.0 Å². The Morgan fingerprint density at radius 3 is 2.38 bits per heavy atom. The molecule has 13 heavy (non-hydrogen) atoms. The molecule has 0 rings (SSSR count). The van der Waals surface area contributed by atoms with Gasteiger partial charge in [0.1, 0.15) is 6.23 Å². The minimum atomic E-state index is -0.887. The predicted molar refractivity (Wildman–Crippen MR) is 50.4 cm³/mol. The van der Waals surface area contributed by atoms with Crippen LogP contribution in [0.15, 0.2) is 0 Å². The monoisotopic (exact) mass is 192 g/mol. The second-order valence-corrected chi connectivity index (χ2v) is 3.06. The van der Waals surface area contributed by atoms with Crippen LogP contribution in [0.3, 0.4) is 0 Å². The summed E-state index contributed by atoms with van der Waals surface area (Å²) in [7, 11) is 3.98. The van der Waals surface area contributed by atoms with Gasteiger partial charge in [0.15, 0.2) is 0 Å². The zero-order chi connectivity index (χ0) is 10.1. The third kappa shape index (κ3) is 11.8. The summed E-state index contributed by atoms with van der Waals surface area (Å²) in [5, 5.41) is 8.63. The van der Waals surface area contributed by atoms with Gasteiger partial charge in [0.25, 0.3) is 0 Å². The number of nitrogens with zero attached hydrogens (tertiary/aromatic N) is 1. The quantitative estimate of drug-likeness (QED) is 0.376. The third-order valence-electron chi connectivity index (χ3n) is 1.34. The van der Waals surface area contributed by atoms with Crippen molar-refractivity contribution < 1.29 is 14.6 Å². The van der Waals surface area contributed by atoms with Crippen LogP contribution in [0.4, 0.5) is 0 Å². The molecule has 0 aromatic heterocycles. The van der Waals surface area contributed by atoms with Crippen molar-refractivity contribution in [3.05, 3.63) is 0 Å². The molecule has 0 amide bonds. The van der Waals surface area contributed by atoms with Gasteiger partial charge in [0.2, 0.25) is 0 Å². The first-order chi connectivity index (χ1) is 6.13. The standard InChI is InChI=1S/C8H20N2O3/c1-10(2)3-4-12-5-6-13-7-8(9)11/h8,11H,3-7,9H2,1-2H3. The summed E-state index contributed by atoms with van der Waals surface area (Å²) in [5.74, 6) is 0. The molecule has 0 fully saturated rings. The van der Waals surface area contributed by atoms with Gasteiger partial charge < -0.3 is 25.2 Å². The second kappa shape index (κ2) is 8.40. The molecule has 80 valence electrons. The molecule has 0 saturated heterocycles. The number of ether oxygens (including phenoxy) is 2. The lowest BCUT2D eigenvalue weighted by molar-refractivity contribution is 0.00405. The van der Waals surface area contributed by atoms with Crippen molar-refractivity contribution in [2.45, 2.75) is 6.23 Å². The molecule has 0 heterocycles. The Morgan fingerprint density at radius 1 is 1.23 bits per heavy atom. The number of nitrogens with two attached hydrogens (primary N) is 1. The van der Waals surface area contributed by atoms with E-state index in [0.717, 1.165) is 6.54 Å². The summed E-state index contributed by atoms with van der Waals surface area (Å²) < 4.78 is 10.2. The van der Waals surface area contributed by atoms with Gasteiger partial charge in [-0.05, 0) is 14.1 Å². The van der Waals surface area contributed by atoms with Gasteiger partial charge in [-0.1, -0.05) is 0 Å². The van der Waals surface area contributed by atoms with Crippen molar-refractivity contribution in [3.63, 3.8) is 0 Å². The van der Waals surface area contributed by atoms with Crippen molar-refractivity contribution in [2.24, 2.45) is 5.73 Å². The van der Waals surface area contributed by atoms with E-state index in [9.17, 15) is 0 Å². The van der Waals surface area contributed by atoms with Gasteiger partial charge in [0.05, 0.1) is 26.4 Å². The summed E-state index contributed by atoms with van der Waals surface area (Å²) in [6, 6.07) is 0. The van der Waals surface area contributed by atoms with Crippen LogP contribution in [0.5, 0.6) is 0 Å². The Morgan fingerprint density at radius 2 is 1.85 bits per heavy atom. The highest BCUT2D eigenvalue weighted by molar-refractivity contribution is 4.41. The van der Waals surface area contributed by atoms with Crippen molar-refractivity contribution in [1.29, 1.82) is 0 Å². The largest absolute Gasteiger partial charge is 0.378 e. The van der Waals surface area contributed by atoms with Gasteiger partial charge in [-0.3, -0.25) is 0 Å². The van der Waals surface area contributed by atoms with E-state index in [1.807, 2.05) is 19.0 Å². The average molecular weight is 192 g/mol. The number of rotatable bonds is 8. The highest BCUT2D eigenvalue weighted by Gasteiger charge is 1.95. The normalized spacial score (nSPS) is 13.6. The summed E-state index contributed by atoms with van der Waals surface area (Å²) in [5.41, 5.74) is 5.06. The van der Waals surface area contributed by atoms with E-state index in [2.05, 4.69) is 0 Å². The summed E-state index contributed by atoms with van der Waals surface area (Å²) in [6.07, 6.45) is -0.887. The number of hydrogen-bond donors (Lipinski definition) is 2. The molecule has 0 saturated carbocycles. The predicted octanol–water partition coefficient (Wildman–Crippen LogP) is -1.14. The fourth-order valence-corrected chi connectivity index (χ4v) is 0.671. The van der Waals surface area contributed by atoms with Crippen LogP contribution in [0.1, 0.15) is 0 Å². The second-order valence-electron chi connectivity index (χ2n) is 3.06. The number of likely N-dealkylation sites (N-methyl/N-ethyl adjacent to an activating group) is 1. The van der Waals surface area contributed by atoms with Gasteiger partial charge in [-0.15, -0.1) is 0 Å². The molecule has 0 spiro atoms. The molecule has 0 aromatic rings. The van der Waals surface area contributed by atoms with Gasteiger partial charge in [-0.25, -0.2) is 0 Å². The van der Waals surface area contributed by atoms with E-state index in [1.165, 1.54) is 0 Å². The molecular formula is C8H20N2O3. The molecular weight excluding hydrogens is 172 g/mol. The lowest BCUT2D eigenvalue weighted by Crippen LogP contribution is -2.26. The summed E-state index contributed by atoms with van der Waals surface area (Å²) in [6.45, 7) is 2.78. The van der Waals surface area contributed by atoms with Crippen LogP contribution < -0.4 is 5.73 Å². The molecule has 0 bridgehead atoms. The van der Waals surface area contributed by atoms with Gasteiger partial charge in [-0.2, -0.15) is 0 Å². The van der Waals surface area contributed by atoms with E-state index in [-0.39, 0.29) is 6.61 Å². The minimum Gasteiger partial charge on any atom is -0.378 e. The smallest absolute Gasteiger partial charge is 0.126 e. The minimum absolute atomic E-state index is 0.164. The Kier molecular flexibility index (Phi) is 8.27. The van der Waals surface area contributed by atoms with E-state index < -0.39 is 6.23 Å². The SMILES string of the molecule is CN(C)CCOCCOCC(N)O. The Balaban J connectivity index is 2.92. The van der Waals surface area contributed by atoms with E-state index >= 15 is 0 Å². The van der Waals surface area contributed by atoms with Gasteiger partial charge >= 0.3 is 0 Å². The lowest BCUT2D eigenvalue weighted by atomic mass is 10.6. The zero-order valence-electron chi connectivity index (χ0n) is 8.40. The van der Waals surface area contributed by atoms with E-state index in [1.54, 1.807) is 0 Å². The first kappa shape index (κ1) is 12.8. The fraction of sp³-hybridized carbons (Fsp3) is 1.00. The van der Waals surface area contributed by atoms with Gasteiger partial charge in [0, 0.05) is 6.54 Å². The molecule has 0 aliphatic rings. The number of hydrogen-bond acceptors (Lipinski definition) is 5. The van der Waals surface area contributed by atoms with Crippen LogP contribution in [-0.4, -0.2) is 63.3 Å². The van der Waals surface area contributed by atoms with Crippen LogP contribution in [0.25, 0.3) is 0 Å². The highest BCUT2D eigenvalue weighted by atomic mass is 16.5. The maximum Gasteiger partial charge on any atom is 0.126 e. The third-order valence-corrected chi connectivity index (χ3v) is 1.34. The molecule has 0 aliphatic heterocycles. The maximum absolute atomic E-state index is 8.63. The van der Waals surface area contributed by atoms with Crippen LogP contribution in [0.2, 0.25) is 0 Å². The average Bonchev–Trinajstić information content (AvgIpc) is 2.01. The molecule has 1 unspecified atom stereocenters. The molecule has 1 atom stereocenters. The molecule has 5 nitrogen and oxygen atoms in total. The number of aliphatic hydroxyl groups is 1. The molecule has 0 aliphatic carbocycles. The van der Waals surface area contributed by atoms with Crippen molar-refractivity contribution >= 4 is 0 Å². The fourth-order valence-electron chi connectivity index (χ4n) is 0.671. The molecule has 5 heteroatoms. The Labute approximate surface area is 79.4 Å². The van der Waals surface area contributed by atoms with Crippen LogP contribution in [-0.2, 0) is 9.47 Å². The zero-order valence-corrected chi connectivity index (χ0v) is 8.40. The molecule has 0 aromatic carbocycles. The Bertz CT molecular complexity index is 97.6. The number of aliphatic hydroxyl groups excluding tert-OH is 1. The maximum atomic E-state index is 8.63. The highest BCUT2D eigenvalue weighted by Crippen LogP contribution is 1.81. The molecule has 0 radical (unpaired) electrons. The molecule has 3 N–H and O–H groups in total.